The van der Waals surface area contributed by atoms with E-state index in [1.165, 1.54) is 18.2 Å². The fourth-order valence-electron chi connectivity index (χ4n) is 2.00. The van der Waals surface area contributed by atoms with Gasteiger partial charge in [-0.15, -0.1) is 0 Å². The second-order valence-corrected chi connectivity index (χ2v) is 5.66. The van der Waals surface area contributed by atoms with Crippen molar-refractivity contribution in [2.24, 2.45) is 0 Å². The molecule has 20 heavy (non-hydrogen) atoms. The Morgan fingerprint density at radius 2 is 2.05 bits per heavy atom. The summed E-state index contributed by atoms with van der Waals surface area (Å²) >= 11 is 9.34. The molecule has 1 N–H and O–H groups in total. The highest BCUT2D eigenvalue weighted by Crippen LogP contribution is 2.31. The van der Waals surface area contributed by atoms with E-state index in [1.807, 2.05) is 18.2 Å². The highest BCUT2D eigenvalue weighted by Gasteiger charge is 2.15. The van der Waals surface area contributed by atoms with Gasteiger partial charge in [-0.25, -0.2) is 4.39 Å². The quantitative estimate of drug-likeness (QED) is 0.869. The first-order valence-electron chi connectivity index (χ1n) is 5.96. The van der Waals surface area contributed by atoms with Crippen LogP contribution in [0.1, 0.15) is 17.2 Å². The van der Waals surface area contributed by atoms with E-state index in [4.69, 9.17) is 16.3 Å². The molecule has 0 radical (unpaired) electrons. The van der Waals surface area contributed by atoms with Crippen molar-refractivity contribution in [2.45, 2.75) is 12.5 Å². The molecule has 0 spiro atoms. The van der Waals surface area contributed by atoms with E-state index < -0.39 is 11.9 Å². The van der Waals surface area contributed by atoms with Crippen molar-refractivity contribution >= 4 is 27.5 Å². The van der Waals surface area contributed by atoms with Gasteiger partial charge in [-0.2, -0.15) is 0 Å². The van der Waals surface area contributed by atoms with Gasteiger partial charge in [0.25, 0.3) is 0 Å². The summed E-state index contributed by atoms with van der Waals surface area (Å²) < 4.78 is 19.2. The molecule has 2 rings (SSSR count). The minimum Gasteiger partial charge on any atom is -0.496 e. The summed E-state index contributed by atoms with van der Waals surface area (Å²) in [7, 11) is 1.57. The summed E-state index contributed by atoms with van der Waals surface area (Å²) in [6.45, 7) is 0. The maximum absolute atomic E-state index is 13.0. The van der Waals surface area contributed by atoms with Gasteiger partial charge in [0.2, 0.25) is 0 Å². The van der Waals surface area contributed by atoms with Crippen LogP contribution < -0.4 is 4.74 Å². The minimum atomic E-state index is -0.828. The van der Waals surface area contributed by atoms with Crippen molar-refractivity contribution in [3.63, 3.8) is 0 Å². The molecule has 0 fully saturated rings. The predicted molar refractivity (Wildman–Crippen MR) is 80.8 cm³/mol. The summed E-state index contributed by atoms with van der Waals surface area (Å²) in [6.07, 6.45) is -0.500. The molecular formula is C15H13BrClFO2. The molecule has 1 unspecified atom stereocenters. The predicted octanol–water partition coefficient (Wildman–Crippen LogP) is 4.53. The molecule has 0 heterocycles. The molecule has 0 saturated heterocycles. The summed E-state index contributed by atoms with van der Waals surface area (Å²) in [5.74, 6) is 0.261. The third-order valence-electron chi connectivity index (χ3n) is 2.98. The van der Waals surface area contributed by atoms with Crippen molar-refractivity contribution in [1.82, 2.24) is 0 Å². The van der Waals surface area contributed by atoms with Gasteiger partial charge < -0.3 is 9.84 Å². The Bertz CT molecular complexity index is 619. The Morgan fingerprint density at radius 3 is 2.70 bits per heavy atom. The normalized spacial score (nSPS) is 12.2. The van der Waals surface area contributed by atoms with Gasteiger partial charge in [0, 0.05) is 15.9 Å². The van der Waals surface area contributed by atoms with Crippen LogP contribution >= 0.6 is 27.5 Å². The molecule has 106 valence electrons. The topological polar surface area (TPSA) is 29.5 Å². The van der Waals surface area contributed by atoms with E-state index in [-0.39, 0.29) is 5.02 Å². The lowest BCUT2D eigenvalue weighted by Gasteiger charge is -2.15. The Hall–Kier alpha value is -1.10. The summed E-state index contributed by atoms with van der Waals surface area (Å²) in [6, 6.07) is 9.52. The molecule has 1 atom stereocenters. The maximum Gasteiger partial charge on any atom is 0.124 e. The Balaban J connectivity index is 2.27. The maximum atomic E-state index is 13.0. The molecule has 0 aliphatic heterocycles. The summed E-state index contributed by atoms with van der Waals surface area (Å²) in [4.78, 5) is 0. The van der Waals surface area contributed by atoms with Crippen molar-refractivity contribution in [3.05, 3.63) is 62.8 Å². The first-order valence-corrected chi connectivity index (χ1v) is 7.14. The lowest BCUT2D eigenvalue weighted by Crippen LogP contribution is -2.04. The first kappa shape index (κ1) is 15.3. The van der Waals surface area contributed by atoms with Crippen LogP contribution in [0.3, 0.4) is 0 Å². The van der Waals surface area contributed by atoms with Gasteiger partial charge in [0.15, 0.2) is 0 Å². The molecule has 0 aliphatic carbocycles. The van der Waals surface area contributed by atoms with Gasteiger partial charge >= 0.3 is 0 Å². The number of benzene rings is 2. The third kappa shape index (κ3) is 3.51. The average Bonchev–Trinajstić information content (AvgIpc) is 2.38. The van der Waals surface area contributed by atoms with Gasteiger partial charge in [-0.3, -0.25) is 0 Å². The zero-order chi connectivity index (χ0) is 14.7. The number of aliphatic hydroxyl groups is 1. The molecule has 0 aromatic heterocycles. The van der Waals surface area contributed by atoms with Crippen LogP contribution in [0.4, 0.5) is 4.39 Å². The van der Waals surface area contributed by atoms with Crippen molar-refractivity contribution in [2.75, 3.05) is 7.11 Å². The van der Waals surface area contributed by atoms with E-state index >= 15 is 0 Å². The fourth-order valence-corrected chi connectivity index (χ4v) is 2.70. The average molecular weight is 360 g/mol. The second-order valence-electron chi connectivity index (χ2n) is 4.34. The van der Waals surface area contributed by atoms with Gasteiger partial charge in [0.1, 0.15) is 11.6 Å². The molecule has 2 aromatic carbocycles. The van der Waals surface area contributed by atoms with E-state index in [0.29, 0.717) is 17.7 Å². The smallest absolute Gasteiger partial charge is 0.124 e. The standard InChI is InChI=1S/C15H13BrClFO2/c1-20-15-5-2-10(16)6-9(15)7-14(19)12-4-3-11(18)8-13(12)17/h2-6,8,14,19H,7H2,1H3. The Morgan fingerprint density at radius 1 is 1.30 bits per heavy atom. The van der Waals surface area contributed by atoms with E-state index in [1.54, 1.807) is 7.11 Å². The number of hydrogen-bond donors (Lipinski definition) is 1. The minimum absolute atomic E-state index is 0.214. The molecule has 5 heteroatoms. The highest BCUT2D eigenvalue weighted by atomic mass is 79.9. The summed E-state index contributed by atoms with van der Waals surface area (Å²) in [5.41, 5.74) is 1.34. The van der Waals surface area contributed by atoms with Crippen LogP contribution in [0, 0.1) is 5.82 Å². The number of halogens is 3. The van der Waals surface area contributed by atoms with Crippen molar-refractivity contribution < 1.29 is 14.2 Å². The largest absolute Gasteiger partial charge is 0.496 e. The molecule has 0 aliphatic rings. The lowest BCUT2D eigenvalue weighted by atomic mass is 10.0. The van der Waals surface area contributed by atoms with Crippen LogP contribution in [-0.4, -0.2) is 12.2 Å². The van der Waals surface area contributed by atoms with Crippen LogP contribution in [0.2, 0.25) is 5.02 Å². The first-order chi connectivity index (χ1) is 9.51. The number of rotatable bonds is 4. The number of ether oxygens (including phenoxy) is 1. The van der Waals surface area contributed by atoms with E-state index in [0.717, 1.165) is 10.0 Å². The Kier molecular flexibility index (Phi) is 5.02. The monoisotopic (exact) mass is 358 g/mol. The van der Waals surface area contributed by atoms with Gasteiger partial charge in [-0.05, 0) is 41.5 Å². The zero-order valence-electron chi connectivity index (χ0n) is 10.7. The molecule has 2 nitrogen and oxygen atoms in total. The van der Waals surface area contributed by atoms with Gasteiger partial charge in [-0.1, -0.05) is 33.6 Å². The van der Waals surface area contributed by atoms with Crippen molar-refractivity contribution in [3.8, 4) is 5.75 Å². The van der Waals surface area contributed by atoms with E-state index in [2.05, 4.69) is 15.9 Å². The molecular weight excluding hydrogens is 347 g/mol. The number of aliphatic hydroxyl groups excluding tert-OH is 1. The third-order valence-corrected chi connectivity index (χ3v) is 3.80. The SMILES string of the molecule is COc1ccc(Br)cc1CC(O)c1ccc(F)cc1Cl. The highest BCUT2D eigenvalue weighted by molar-refractivity contribution is 9.10. The second kappa shape index (κ2) is 6.57. The molecule has 0 bridgehead atoms. The fraction of sp³-hybridized carbons (Fsp3) is 0.200. The number of methoxy groups -OCH3 is 1. The molecule has 0 saturated carbocycles. The van der Waals surface area contributed by atoms with Crippen LogP contribution in [0.15, 0.2) is 40.9 Å². The summed E-state index contributed by atoms with van der Waals surface area (Å²) in [5, 5.41) is 10.5. The van der Waals surface area contributed by atoms with Gasteiger partial charge in [0.05, 0.1) is 13.2 Å². The van der Waals surface area contributed by atoms with E-state index in [9.17, 15) is 9.50 Å². The zero-order valence-corrected chi connectivity index (χ0v) is 13.1. The van der Waals surface area contributed by atoms with Crippen LogP contribution in [0.5, 0.6) is 5.75 Å². The molecule has 0 amide bonds. The van der Waals surface area contributed by atoms with Crippen LogP contribution in [-0.2, 0) is 6.42 Å². The number of hydrogen-bond acceptors (Lipinski definition) is 2. The lowest BCUT2D eigenvalue weighted by molar-refractivity contribution is 0.177. The van der Waals surface area contributed by atoms with Crippen LogP contribution in [0.25, 0.3) is 0 Å². The molecule has 2 aromatic rings. The Labute approximate surface area is 130 Å². The van der Waals surface area contributed by atoms with Crippen molar-refractivity contribution in [1.29, 1.82) is 0 Å².